The van der Waals surface area contributed by atoms with Gasteiger partial charge in [0.25, 0.3) is 0 Å². The van der Waals surface area contributed by atoms with Crippen LogP contribution in [0.4, 0.5) is 5.69 Å². The average Bonchev–Trinajstić information content (AvgIpc) is 2.38. The van der Waals surface area contributed by atoms with Crippen molar-refractivity contribution in [3.63, 3.8) is 0 Å². The van der Waals surface area contributed by atoms with Crippen molar-refractivity contribution in [2.75, 3.05) is 5.73 Å². The summed E-state index contributed by atoms with van der Waals surface area (Å²) < 4.78 is 0. The van der Waals surface area contributed by atoms with Crippen molar-refractivity contribution in [2.24, 2.45) is 11.8 Å². The number of nitrogens with two attached hydrogens (primary N) is 1. The van der Waals surface area contributed by atoms with E-state index in [1.54, 1.807) is 6.07 Å². The molecule has 3 N–H and O–H groups in total. The number of para-hydroxylation sites is 1. The third-order valence-electron chi connectivity index (χ3n) is 5.06. The predicted octanol–water partition coefficient (Wildman–Crippen LogP) is 4.07. The summed E-state index contributed by atoms with van der Waals surface area (Å²) in [6, 6.07) is 5.40. The van der Waals surface area contributed by atoms with Gasteiger partial charge in [0, 0.05) is 5.69 Å². The Morgan fingerprint density at radius 2 is 1.95 bits per heavy atom. The lowest BCUT2D eigenvalue weighted by Gasteiger charge is -2.40. The van der Waals surface area contributed by atoms with Crippen molar-refractivity contribution in [3.05, 3.63) is 29.3 Å². The van der Waals surface area contributed by atoms with Crippen molar-refractivity contribution in [3.8, 4) is 0 Å². The first-order valence-electron chi connectivity index (χ1n) is 7.47. The fraction of sp³-hybridized carbons (Fsp3) is 0.588. The number of anilines is 1. The number of nitrogen functional groups attached to an aromatic ring is 1. The number of rotatable bonds is 3. The molecule has 1 aromatic rings. The highest BCUT2D eigenvalue weighted by Gasteiger charge is 2.35. The Hall–Kier alpha value is -1.51. The van der Waals surface area contributed by atoms with Crippen LogP contribution >= 0.6 is 0 Å². The van der Waals surface area contributed by atoms with Gasteiger partial charge in [-0.05, 0) is 54.6 Å². The van der Waals surface area contributed by atoms with Crippen molar-refractivity contribution < 1.29 is 9.90 Å². The van der Waals surface area contributed by atoms with Gasteiger partial charge >= 0.3 is 5.97 Å². The van der Waals surface area contributed by atoms with Gasteiger partial charge in [-0.15, -0.1) is 0 Å². The lowest BCUT2D eigenvalue weighted by molar-refractivity contribution is 0.0698. The maximum absolute atomic E-state index is 11.2. The van der Waals surface area contributed by atoms with Gasteiger partial charge in [-0.1, -0.05) is 32.9 Å². The molecule has 110 valence electrons. The zero-order valence-corrected chi connectivity index (χ0v) is 12.6. The van der Waals surface area contributed by atoms with Crippen LogP contribution in [0, 0.1) is 11.8 Å². The molecule has 3 nitrogen and oxygen atoms in total. The summed E-state index contributed by atoms with van der Waals surface area (Å²) in [7, 11) is 0. The summed E-state index contributed by atoms with van der Waals surface area (Å²) in [5.41, 5.74) is 7.82. The van der Waals surface area contributed by atoms with Crippen molar-refractivity contribution >= 4 is 11.7 Å². The van der Waals surface area contributed by atoms with Crippen LogP contribution in [-0.2, 0) is 5.41 Å². The molecule has 2 rings (SSSR count). The molecule has 0 unspecified atom stereocenters. The molecule has 1 aliphatic carbocycles. The first-order valence-corrected chi connectivity index (χ1v) is 7.47. The van der Waals surface area contributed by atoms with E-state index in [0.29, 0.717) is 5.69 Å². The van der Waals surface area contributed by atoms with Crippen molar-refractivity contribution in [2.45, 2.75) is 51.9 Å². The third kappa shape index (κ3) is 2.67. The molecule has 1 saturated carbocycles. The monoisotopic (exact) mass is 275 g/mol. The fourth-order valence-electron chi connectivity index (χ4n) is 3.49. The van der Waals surface area contributed by atoms with E-state index in [2.05, 4.69) is 20.8 Å². The first kappa shape index (κ1) is 14.9. The van der Waals surface area contributed by atoms with Crippen LogP contribution < -0.4 is 5.73 Å². The highest BCUT2D eigenvalue weighted by Crippen LogP contribution is 2.45. The first-order chi connectivity index (χ1) is 9.35. The summed E-state index contributed by atoms with van der Waals surface area (Å²) in [5, 5.41) is 9.21. The summed E-state index contributed by atoms with van der Waals surface area (Å²) in [4.78, 5) is 11.2. The van der Waals surface area contributed by atoms with Gasteiger partial charge in [-0.3, -0.25) is 0 Å². The SMILES string of the molecule is CC(C)C1CCC(C)(c2cccc(C(=O)O)c2N)CC1. The molecule has 1 aliphatic rings. The second kappa shape index (κ2) is 5.47. The molecule has 20 heavy (non-hydrogen) atoms. The van der Waals surface area contributed by atoms with Gasteiger partial charge in [-0.25, -0.2) is 4.79 Å². The minimum Gasteiger partial charge on any atom is -0.478 e. The summed E-state index contributed by atoms with van der Waals surface area (Å²) in [6.07, 6.45) is 4.57. The van der Waals surface area contributed by atoms with Crippen LogP contribution in [-0.4, -0.2) is 11.1 Å². The molecule has 0 heterocycles. The zero-order chi connectivity index (χ0) is 14.9. The number of benzene rings is 1. The Balaban J connectivity index is 2.28. The third-order valence-corrected chi connectivity index (χ3v) is 5.06. The Labute approximate surface area is 121 Å². The minimum atomic E-state index is -0.941. The molecular weight excluding hydrogens is 250 g/mol. The van der Waals surface area contributed by atoms with E-state index in [0.717, 1.165) is 30.2 Å². The molecule has 0 aliphatic heterocycles. The molecule has 3 heteroatoms. The highest BCUT2D eigenvalue weighted by molar-refractivity contribution is 5.94. The van der Waals surface area contributed by atoms with Crippen LogP contribution in [0.1, 0.15) is 62.4 Å². The van der Waals surface area contributed by atoms with E-state index in [9.17, 15) is 9.90 Å². The lowest BCUT2D eigenvalue weighted by Crippen LogP contribution is -2.31. The van der Waals surface area contributed by atoms with Crippen molar-refractivity contribution in [1.82, 2.24) is 0 Å². The second-order valence-electron chi connectivity index (χ2n) is 6.71. The number of carboxylic acids is 1. The predicted molar refractivity (Wildman–Crippen MR) is 82.0 cm³/mol. The number of aromatic carboxylic acids is 1. The maximum Gasteiger partial charge on any atom is 0.337 e. The maximum atomic E-state index is 11.2. The summed E-state index contributed by atoms with van der Waals surface area (Å²) in [6.45, 7) is 6.79. The topological polar surface area (TPSA) is 63.3 Å². The normalized spacial score (nSPS) is 26.7. The number of carbonyl (C=O) groups is 1. The van der Waals surface area contributed by atoms with Gasteiger partial charge in [0.15, 0.2) is 0 Å². The molecule has 0 spiro atoms. The number of hydrogen-bond acceptors (Lipinski definition) is 2. The van der Waals surface area contributed by atoms with Gasteiger partial charge in [0.05, 0.1) is 5.56 Å². The molecule has 0 radical (unpaired) electrons. The van der Waals surface area contributed by atoms with Crippen molar-refractivity contribution in [1.29, 1.82) is 0 Å². The molecule has 0 aromatic heterocycles. The van der Waals surface area contributed by atoms with E-state index in [4.69, 9.17) is 5.73 Å². The van der Waals surface area contributed by atoms with Gasteiger partial charge in [0.1, 0.15) is 0 Å². The molecule has 0 atom stereocenters. The summed E-state index contributed by atoms with van der Waals surface area (Å²) in [5.74, 6) is 0.568. The Bertz CT molecular complexity index is 500. The van der Waals surface area contributed by atoms with E-state index in [1.807, 2.05) is 12.1 Å². The van der Waals surface area contributed by atoms with Crippen LogP contribution in [0.25, 0.3) is 0 Å². The lowest BCUT2D eigenvalue weighted by atomic mass is 9.65. The van der Waals surface area contributed by atoms with E-state index in [-0.39, 0.29) is 11.0 Å². The smallest absolute Gasteiger partial charge is 0.337 e. The Morgan fingerprint density at radius 1 is 1.35 bits per heavy atom. The van der Waals surface area contributed by atoms with Crippen LogP contribution in [0.2, 0.25) is 0 Å². The molecule has 0 saturated heterocycles. The van der Waals surface area contributed by atoms with E-state index < -0.39 is 5.97 Å². The molecular formula is C17H25NO2. The Kier molecular flexibility index (Phi) is 4.07. The largest absolute Gasteiger partial charge is 0.478 e. The molecule has 0 bridgehead atoms. The molecule has 1 fully saturated rings. The fourth-order valence-corrected chi connectivity index (χ4v) is 3.49. The Morgan fingerprint density at radius 3 is 2.45 bits per heavy atom. The zero-order valence-electron chi connectivity index (χ0n) is 12.6. The molecule has 0 amide bonds. The number of hydrogen-bond donors (Lipinski definition) is 2. The summed E-state index contributed by atoms with van der Waals surface area (Å²) >= 11 is 0. The van der Waals surface area contributed by atoms with Gasteiger partial charge < -0.3 is 10.8 Å². The molecule has 1 aromatic carbocycles. The van der Waals surface area contributed by atoms with Crippen LogP contribution in [0.3, 0.4) is 0 Å². The quantitative estimate of drug-likeness (QED) is 0.817. The van der Waals surface area contributed by atoms with Crippen LogP contribution in [0.5, 0.6) is 0 Å². The van der Waals surface area contributed by atoms with Gasteiger partial charge in [-0.2, -0.15) is 0 Å². The number of carboxylic acid groups (broad SMARTS) is 1. The van der Waals surface area contributed by atoms with E-state index in [1.165, 1.54) is 12.8 Å². The van der Waals surface area contributed by atoms with E-state index >= 15 is 0 Å². The standard InChI is InChI=1S/C17H25NO2/c1-11(2)12-7-9-17(3,10-8-12)14-6-4-5-13(15(14)18)16(19)20/h4-6,11-12H,7-10,18H2,1-3H3,(H,19,20). The van der Waals surface area contributed by atoms with Crippen LogP contribution in [0.15, 0.2) is 18.2 Å². The second-order valence-corrected chi connectivity index (χ2v) is 6.71. The highest BCUT2D eigenvalue weighted by atomic mass is 16.4. The van der Waals surface area contributed by atoms with Gasteiger partial charge in [0.2, 0.25) is 0 Å². The minimum absolute atomic E-state index is 0.0148. The average molecular weight is 275 g/mol.